The largest absolute Gasteiger partial charge is 0.352 e. The van der Waals surface area contributed by atoms with Crippen LogP contribution in [0.5, 0.6) is 0 Å². The highest BCUT2D eigenvalue weighted by molar-refractivity contribution is 5.84. The second kappa shape index (κ2) is 5.55. The lowest BCUT2D eigenvalue weighted by Gasteiger charge is -2.16. The molecule has 0 aromatic heterocycles. The van der Waals surface area contributed by atoms with Gasteiger partial charge in [0, 0.05) is 19.6 Å². The molecular formula is C9H18N4O2. The lowest BCUT2D eigenvalue weighted by molar-refractivity contribution is -0.129. The number of rotatable bonds is 5. The van der Waals surface area contributed by atoms with Crippen LogP contribution in [0.4, 0.5) is 4.79 Å². The SMILES string of the molecule is CCNC1CCN(CCNC(N)=O)C1=O. The first-order chi connectivity index (χ1) is 7.15. The summed E-state index contributed by atoms with van der Waals surface area (Å²) in [5.41, 5.74) is 4.92. The molecule has 1 atom stereocenters. The van der Waals surface area contributed by atoms with E-state index in [1.54, 1.807) is 4.90 Å². The minimum Gasteiger partial charge on any atom is -0.352 e. The maximum Gasteiger partial charge on any atom is 0.312 e. The summed E-state index contributed by atoms with van der Waals surface area (Å²) in [5, 5.41) is 5.58. The van der Waals surface area contributed by atoms with Gasteiger partial charge in [0.2, 0.25) is 5.91 Å². The molecule has 0 aromatic carbocycles. The predicted octanol–water partition coefficient (Wildman–Crippen LogP) is -1.13. The van der Waals surface area contributed by atoms with E-state index in [1.807, 2.05) is 6.92 Å². The molecule has 1 aliphatic heterocycles. The molecule has 6 nitrogen and oxygen atoms in total. The Bertz CT molecular complexity index is 244. The summed E-state index contributed by atoms with van der Waals surface area (Å²) in [6, 6.07) is -0.603. The molecule has 1 fully saturated rings. The van der Waals surface area contributed by atoms with Gasteiger partial charge in [0.1, 0.15) is 0 Å². The minimum atomic E-state index is -0.551. The Morgan fingerprint density at radius 1 is 1.67 bits per heavy atom. The highest BCUT2D eigenvalue weighted by Gasteiger charge is 2.30. The number of carbonyl (C=O) groups is 2. The van der Waals surface area contributed by atoms with Crippen molar-refractivity contribution in [1.29, 1.82) is 0 Å². The van der Waals surface area contributed by atoms with Crippen LogP contribution in [0.1, 0.15) is 13.3 Å². The Morgan fingerprint density at radius 3 is 3.00 bits per heavy atom. The summed E-state index contributed by atoms with van der Waals surface area (Å²) in [6.07, 6.45) is 0.837. The fraction of sp³-hybridized carbons (Fsp3) is 0.778. The summed E-state index contributed by atoms with van der Waals surface area (Å²) >= 11 is 0. The number of hydrogen-bond acceptors (Lipinski definition) is 3. The van der Waals surface area contributed by atoms with Crippen molar-refractivity contribution in [2.75, 3.05) is 26.2 Å². The molecule has 0 aliphatic carbocycles. The fourth-order valence-electron chi connectivity index (χ4n) is 1.71. The van der Waals surface area contributed by atoms with E-state index in [0.717, 1.165) is 19.5 Å². The number of urea groups is 1. The third-order valence-electron chi connectivity index (χ3n) is 2.43. The van der Waals surface area contributed by atoms with E-state index in [9.17, 15) is 9.59 Å². The normalized spacial score (nSPS) is 20.7. The van der Waals surface area contributed by atoms with Crippen LogP contribution in [0.25, 0.3) is 0 Å². The van der Waals surface area contributed by atoms with Gasteiger partial charge in [-0.25, -0.2) is 4.79 Å². The lowest BCUT2D eigenvalue weighted by Crippen LogP contribution is -2.42. The van der Waals surface area contributed by atoms with Crippen molar-refractivity contribution in [3.8, 4) is 0 Å². The summed E-state index contributed by atoms with van der Waals surface area (Å²) in [7, 11) is 0. The molecule has 0 saturated carbocycles. The van der Waals surface area contributed by atoms with E-state index >= 15 is 0 Å². The quantitative estimate of drug-likeness (QED) is 0.541. The molecule has 15 heavy (non-hydrogen) atoms. The van der Waals surface area contributed by atoms with Crippen LogP contribution in [0.2, 0.25) is 0 Å². The zero-order chi connectivity index (χ0) is 11.3. The fourth-order valence-corrected chi connectivity index (χ4v) is 1.71. The Morgan fingerprint density at radius 2 is 2.40 bits per heavy atom. The van der Waals surface area contributed by atoms with E-state index in [2.05, 4.69) is 10.6 Å². The molecule has 1 unspecified atom stereocenters. The van der Waals surface area contributed by atoms with E-state index in [4.69, 9.17) is 5.73 Å². The first-order valence-corrected chi connectivity index (χ1v) is 5.20. The molecule has 0 radical (unpaired) electrons. The monoisotopic (exact) mass is 214 g/mol. The average Bonchev–Trinajstić information content (AvgIpc) is 2.50. The molecule has 1 saturated heterocycles. The van der Waals surface area contributed by atoms with E-state index in [0.29, 0.717) is 13.1 Å². The molecular weight excluding hydrogens is 196 g/mol. The number of nitrogens with one attached hydrogen (secondary N) is 2. The average molecular weight is 214 g/mol. The zero-order valence-corrected chi connectivity index (χ0v) is 8.95. The van der Waals surface area contributed by atoms with Crippen LogP contribution in [0, 0.1) is 0 Å². The van der Waals surface area contributed by atoms with Gasteiger partial charge in [0.05, 0.1) is 6.04 Å². The van der Waals surface area contributed by atoms with Crippen molar-refractivity contribution in [2.24, 2.45) is 5.73 Å². The molecule has 3 amide bonds. The number of hydrogen-bond donors (Lipinski definition) is 3. The van der Waals surface area contributed by atoms with Gasteiger partial charge < -0.3 is 21.3 Å². The van der Waals surface area contributed by atoms with Crippen LogP contribution in [-0.4, -0.2) is 49.1 Å². The van der Waals surface area contributed by atoms with E-state index in [1.165, 1.54) is 0 Å². The third-order valence-corrected chi connectivity index (χ3v) is 2.43. The zero-order valence-electron chi connectivity index (χ0n) is 8.95. The lowest BCUT2D eigenvalue weighted by atomic mass is 10.2. The standard InChI is InChI=1S/C9H18N4O2/c1-2-11-7-3-5-13(8(7)14)6-4-12-9(10)15/h7,11H,2-6H2,1H3,(H3,10,12,15). The molecule has 0 bridgehead atoms. The van der Waals surface area contributed by atoms with Crippen LogP contribution >= 0.6 is 0 Å². The Balaban J connectivity index is 2.26. The number of carbonyl (C=O) groups excluding carboxylic acids is 2. The topological polar surface area (TPSA) is 87.5 Å². The van der Waals surface area contributed by atoms with Crippen molar-refractivity contribution in [2.45, 2.75) is 19.4 Å². The van der Waals surface area contributed by atoms with Crippen molar-refractivity contribution < 1.29 is 9.59 Å². The van der Waals surface area contributed by atoms with Crippen molar-refractivity contribution in [3.05, 3.63) is 0 Å². The minimum absolute atomic E-state index is 0.0522. The number of nitrogens with two attached hydrogens (primary N) is 1. The van der Waals surface area contributed by atoms with Gasteiger partial charge >= 0.3 is 6.03 Å². The molecule has 0 aromatic rings. The number of primary amides is 1. The second-order valence-electron chi connectivity index (χ2n) is 3.52. The predicted molar refractivity (Wildman–Crippen MR) is 56.2 cm³/mol. The molecule has 1 heterocycles. The first-order valence-electron chi connectivity index (χ1n) is 5.20. The number of likely N-dealkylation sites (tertiary alicyclic amines) is 1. The van der Waals surface area contributed by atoms with Crippen LogP contribution in [-0.2, 0) is 4.79 Å². The van der Waals surface area contributed by atoms with Crippen LogP contribution < -0.4 is 16.4 Å². The second-order valence-corrected chi connectivity index (χ2v) is 3.52. The van der Waals surface area contributed by atoms with Gasteiger partial charge in [-0.15, -0.1) is 0 Å². The maximum absolute atomic E-state index is 11.7. The van der Waals surface area contributed by atoms with Gasteiger partial charge in [-0.2, -0.15) is 0 Å². The van der Waals surface area contributed by atoms with E-state index < -0.39 is 6.03 Å². The molecule has 6 heteroatoms. The highest BCUT2D eigenvalue weighted by Crippen LogP contribution is 2.09. The molecule has 1 aliphatic rings. The van der Waals surface area contributed by atoms with Crippen LogP contribution in [0.15, 0.2) is 0 Å². The number of likely N-dealkylation sites (N-methyl/N-ethyl adjacent to an activating group) is 1. The van der Waals surface area contributed by atoms with E-state index in [-0.39, 0.29) is 11.9 Å². The summed E-state index contributed by atoms with van der Waals surface area (Å²) in [5.74, 6) is 0.114. The van der Waals surface area contributed by atoms with Crippen LogP contribution in [0.3, 0.4) is 0 Å². The number of amides is 3. The summed E-state index contributed by atoms with van der Waals surface area (Å²) in [6.45, 7) is 4.47. The van der Waals surface area contributed by atoms with Gasteiger partial charge in [-0.05, 0) is 13.0 Å². The van der Waals surface area contributed by atoms with Crippen molar-refractivity contribution in [3.63, 3.8) is 0 Å². The smallest absolute Gasteiger partial charge is 0.312 e. The Hall–Kier alpha value is -1.30. The van der Waals surface area contributed by atoms with Gasteiger partial charge in [0.25, 0.3) is 0 Å². The maximum atomic E-state index is 11.7. The number of nitrogens with zero attached hydrogens (tertiary/aromatic N) is 1. The summed E-state index contributed by atoms with van der Waals surface area (Å²) < 4.78 is 0. The molecule has 86 valence electrons. The summed E-state index contributed by atoms with van der Waals surface area (Å²) in [4.78, 5) is 23.8. The van der Waals surface area contributed by atoms with Gasteiger partial charge in [-0.3, -0.25) is 4.79 Å². The van der Waals surface area contributed by atoms with Crippen molar-refractivity contribution >= 4 is 11.9 Å². The Labute approximate surface area is 89.2 Å². The highest BCUT2D eigenvalue weighted by atomic mass is 16.2. The molecule has 0 spiro atoms. The van der Waals surface area contributed by atoms with Gasteiger partial charge in [0.15, 0.2) is 0 Å². The molecule has 1 rings (SSSR count). The van der Waals surface area contributed by atoms with Gasteiger partial charge in [-0.1, -0.05) is 6.92 Å². The molecule has 4 N–H and O–H groups in total. The first kappa shape index (κ1) is 11.8. The third kappa shape index (κ3) is 3.39. The van der Waals surface area contributed by atoms with Crippen molar-refractivity contribution in [1.82, 2.24) is 15.5 Å². The Kier molecular flexibility index (Phi) is 4.36.